The van der Waals surface area contributed by atoms with Gasteiger partial charge in [0, 0.05) is 23.6 Å². The first-order valence-corrected chi connectivity index (χ1v) is 10.7. The molecule has 6 nitrogen and oxygen atoms in total. The van der Waals surface area contributed by atoms with Gasteiger partial charge in [-0.3, -0.25) is 4.99 Å². The van der Waals surface area contributed by atoms with E-state index in [1.807, 2.05) is 22.1 Å². The topological polar surface area (TPSA) is 71.0 Å². The third kappa shape index (κ3) is 6.04. The van der Waals surface area contributed by atoms with E-state index < -0.39 is 6.36 Å². The summed E-state index contributed by atoms with van der Waals surface area (Å²) in [5.74, 6) is 1.11. The molecule has 0 amide bonds. The molecule has 1 heterocycles. The number of benzene rings is 2. The van der Waals surface area contributed by atoms with Crippen LogP contribution in [0.3, 0.4) is 0 Å². The molecule has 1 aromatic heterocycles. The van der Waals surface area contributed by atoms with Crippen LogP contribution in [-0.4, -0.2) is 31.7 Å². The number of rotatable bonds is 9. The standard InChI is InChI=1S/C22H24F3N3O3S/c1-29-18-9-6-16(20(12-18)30-2)13-27-21-28(11-3-10-26)19(14-32-21)15-4-7-17(8-5-15)31-22(23,24)25/h4-9,12,14H,3,10-11,13,26H2,1-2H3/b27-21+. The van der Waals surface area contributed by atoms with Gasteiger partial charge in [-0.15, -0.1) is 24.5 Å². The molecule has 3 rings (SSSR count). The van der Waals surface area contributed by atoms with Crippen LogP contribution < -0.4 is 24.7 Å². The summed E-state index contributed by atoms with van der Waals surface area (Å²) in [4.78, 5) is 5.53. The second-order valence-corrected chi connectivity index (χ2v) is 7.60. The highest BCUT2D eigenvalue weighted by molar-refractivity contribution is 7.07. The maximum absolute atomic E-state index is 12.4. The molecule has 0 aliphatic carbocycles. The first-order chi connectivity index (χ1) is 15.3. The number of ether oxygens (including phenoxy) is 3. The SMILES string of the molecule is COc1ccc(C/N=c2/scc(-c3ccc(OC(F)(F)F)cc3)n2CCCN)c(OC)c1. The summed E-state index contributed by atoms with van der Waals surface area (Å²) in [6.45, 7) is 1.54. The maximum Gasteiger partial charge on any atom is 0.573 e. The minimum atomic E-state index is -4.72. The number of nitrogens with zero attached hydrogens (tertiary/aromatic N) is 2. The van der Waals surface area contributed by atoms with Crippen molar-refractivity contribution in [2.75, 3.05) is 20.8 Å². The monoisotopic (exact) mass is 467 g/mol. The van der Waals surface area contributed by atoms with Crippen LogP contribution in [0.1, 0.15) is 12.0 Å². The molecular weight excluding hydrogens is 443 g/mol. The van der Waals surface area contributed by atoms with Crippen LogP contribution in [0.25, 0.3) is 11.3 Å². The highest BCUT2D eigenvalue weighted by atomic mass is 32.1. The predicted molar refractivity (Wildman–Crippen MR) is 117 cm³/mol. The average Bonchev–Trinajstić information content (AvgIpc) is 3.18. The lowest BCUT2D eigenvalue weighted by molar-refractivity contribution is -0.274. The summed E-state index contributed by atoms with van der Waals surface area (Å²) < 4.78 is 53.9. The minimum absolute atomic E-state index is 0.263. The Morgan fingerprint density at radius 2 is 1.75 bits per heavy atom. The number of aromatic nitrogens is 1. The second kappa shape index (κ2) is 10.6. The van der Waals surface area contributed by atoms with Crippen molar-refractivity contribution in [3.63, 3.8) is 0 Å². The van der Waals surface area contributed by atoms with Crippen LogP contribution in [0.4, 0.5) is 13.2 Å². The molecule has 3 aromatic rings. The molecule has 0 saturated carbocycles. The molecule has 0 aliphatic heterocycles. The van der Waals surface area contributed by atoms with Crippen molar-refractivity contribution in [1.29, 1.82) is 0 Å². The van der Waals surface area contributed by atoms with Crippen molar-refractivity contribution in [3.05, 3.63) is 58.2 Å². The van der Waals surface area contributed by atoms with Crippen LogP contribution in [0.15, 0.2) is 52.8 Å². The van der Waals surface area contributed by atoms with Crippen LogP contribution in [0, 0.1) is 0 Å². The zero-order valence-corrected chi connectivity index (χ0v) is 18.5. The van der Waals surface area contributed by atoms with Crippen molar-refractivity contribution >= 4 is 11.3 Å². The lowest BCUT2D eigenvalue weighted by Crippen LogP contribution is -2.18. The zero-order chi connectivity index (χ0) is 23.1. The fourth-order valence-corrected chi connectivity index (χ4v) is 4.05. The Morgan fingerprint density at radius 1 is 1.03 bits per heavy atom. The van der Waals surface area contributed by atoms with Gasteiger partial charge in [0.1, 0.15) is 17.2 Å². The van der Waals surface area contributed by atoms with Gasteiger partial charge in [-0.2, -0.15) is 0 Å². The highest BCUT2D eigenvalue weighted by Gasteiger charge is 2.31. The van der Waals surface area contributed by atoms with Crippen molar-refractivity contribution in [2.24, 2.45) is 10.7 Å². The Kier molecular flexibility index (Phi) is 7.81. The smallest absolute Gasteiger partial charge is 0.497 e. The minimum Gasteiger partial charge on any atom is -0.497 e. The first-order valence-electron chi connectivity index (χ1n) is 9.80. The molecule has 0 spiro atoms. The molecule has 2 N–H and O–H groups in total. The molecule has 0 saturated heterocycles. The van der Waals surface area contributed by atoms with Crippen molar-refractivity contribution in [2.45, 2.75) is 25.9 Å². The van der Waals surface area contributed by atoms with Gasteiger partial charge in [-0.05, 0) is 54.9 Å². The van der Waals surface area contributed by atoms with Gasteiger partial charge in [0.15, 0.2) is 4.80 Å². The largest absolute Gasteiger partial charge is 0.573 e. The summed E-state index contributed by atoms with van der Waals surface area (Å²) in [5.41, 5.74) is 8.22. The van der Waals surface area contributed by atoms with Crippen molar-refractivity contribution in [3.8, 4) is 28.5 Å². The Bertz CT molecular complexity index is 1090. The van der Waals surface area contributed by atoms with E-state index in [9.17, 15) is 13.2 Å². The fourth-order valence-electron chi connectivity index (χ4n) is 3.11. The molecule has 0 bridgehead atoms. The molecule has 0 unspecified atom stereocenters. The Balaban J connectivity index is 1.91. The van der Waals surface area contributed by atoms with Crippen LogP contribution in [-0.2, 0) is 13.1 Å². The van der Waals surface area contributed by atoms with E-state index in [1.165, 1.54) is 23.5 Å². The number of halogens is 3. The van der Waals surface area contributed by atoms with E-state index in [1.54, 1.807) is 32.4 Å². The number of nitrogens with two attached hydrogens (primary N) is 1. The number of methoxy groups -OCH3 is 2. The van der Waals surface area contributed by atoms with Crippen molar-refractivity contribution in [1.82, 2.24) is 4.57 Å². The van der Waals surface area contributed by atoms with Gasteiger partial charge in [0.05, 0.1) is 26.5 Å². The second-order valence-electron chi connectivity index (χ2n) is 6.76. The molecule has 2 aromatic carbocycles. The average molecular weight is 468 g/mol. The molecular formula is C22H24F3N3O3S. The zero-order valence-electron chi connectivity index (χ0n) is 17.7. The summed E-state index contributed by atoms with van der Waals surface area (Å²) in [7, 11) is 3.18. The molecule has 10 heteroatoms. The summed E-state index contributed by atoms with van der Waals surface area (Å²) in [5, 5.41) is 1.93. The Morgan fingerprint density at radius 3 is 2.38 bits per heavy atom. The van der Waals surface area contributed by atoms with E-state index in [2.05, 4.69) is 4.74 Å². The predicted octanol–water partition coefficient (Wildman–Crippen LogP) is 4.58. The quantitative estimate of drug-likeness (QED) is 0.500. The third-order valence-electron chi connectivity index (χ3n) is 4.65. The lowest BCUT2D eigenvalue weighted by atomic mass is 10.1. The maximum atomic E-state index is 12.4. The van der Waals surface area contributed by atoms with Gasteiger partial charge in [-0.1, -0.05) is 0 Å². The van der Waals surface area contributed by atoms with Gasteiger partial charge >= 0.3 is 6.36 Å². The molecule has 0 fully saturated rings. The summed E-state index contributed by atoms with van der Waals surface area (Å²) in [6.07, 6.45) is -3.99. The summed E-state index contributed by atoms with van der Waals surface area (Å²) >= 11 is 1.45. The number of hydrogen-bond donors (Lipinski definition) is 1. The molecule has 172 valence electrons. The molecule has 32 heavy (non-hydrogen) atoms. The molecule has 0 radical (unpaired) electrons. The normalized spacial score (nSPS) is 12.1. The fraction of sp³-hybridized carbons (Fsp3) is 0.318. The van der Waals surface area contributed by atoms with E-state index >= 15 is 0 Å². The Hall–Kier alpha value is -2.98. The van der Waals surface area contributed by atoms with E-state index in [0.29, 0.717) is 31.1 Å². The van der Waals surface area contributed by atoms with Gasteiger partial charge in [-0.25, -0.2) is 0 Å². The first kappa shape index (κ1) is 23.7. The third-order valence-corrected chi connectivity index (χ3v) is 5.55. The molecule has 0 atom stereocenters. The van der Waals surface area contributed by atoms with Crippen LogP contribution >= 0.6 is 11.3 Å². The van der Waals surface area contributed by atoms with E-state index in [-0.39, 0.29) is 5.75 Å². The van der Waals surface area contributed by atoms with Gasteiger partial charge in [0.2, 0.25) is 0 Å². The Labute approximate surface area is 187 Å². The number of alkyl halides is 3. The number of hydrogen-bond acceptors (Lipinski definition) is 6. The van der Waals surface area contributed by atoms with E-state index in [0.717, 1.165) is 28.0 Å². The van der Waals surface area contributed by atoms with Gasteiger partial charge < -0.3 is 24.5 Å². The van der Waals surface area contributed by atoms with E-state index in [4.69, 9.17) is 20.2 Å². The highest BCUT2D eigenvalue weighted by Crippen LogP contribution is 2.28. The lowest BCUT2D eigenvalue weighted by Gasteiger charge is -2.11. The molecule has 0 aliphatic rings. The van der Waals surface area contributed by atoms with Crippen molar-refractivity contribution < 1.29 is 27.4 Å². The summed E-state index contributed by atoms with van der Waals surface area (Å²) in [6, 6.07) is 11.3. The van der Waals surface area contributed by atoms with Crippen LogP contribution in [0.2, 0.25) is 0 Å². The number of thiazole rings is 1. The van der Waals surface area contributed by atoms with Crippen LogP contribution in [0.5, 0.6) is 17.2 Å². The van der Waals surface area contributed by atoms with Gasteiger partial charge in [0.25, 0.3) is 0 Å².